The molecule has 2 aliphatic heterocycles. The highest BCUT2D eigenvalue weighted by Gasteiger charge is 2.38. The van der Waals surface area contributed by atoms with Crippen molar-refractivity contribution in [3.8, 4) is 0 Å². The third-order valence-electron chi connectivity index (χ3n) is 5.53. The van der Waals surface area contributed by atoms with Gasteiger partial charge < -0.3 is 0 Å². The molecule has 0 aromatic rings. The van der Waals surface area contributed by atoms with Gasteiger partial charge in [0, 0.05) is 31.2 Å². The minimum atomic E-state index is 0.543. The van der Waals surface area contributed by atoms with Gasteiger partial charge in [0.05, 0.1) is 0 Å². The fourth-order valence-corrected chi connectivity index (χ4v) is 4.28. The van der Waals surface area contributed by atoms with Gasteiger partial charge in [-0.3, -0.25) is 9.80 Å². The average molecular weight is 236 g/mol. The summed E-state index contributed by atoms with van der Waals surface area (Å²) in [5.41, 5.74) is 0.543. The number of piperazine rings is 1. The molecule has 1 atom stereocenters. The Balaban J connectivity index is 1.64. The molecule has 1 unspecified atom stereocenters. The van der Waals surface area contributed by atoms with Crippen LogP contribution in [-0.2, 0) is 0 Å². The Kier molecular flexibility index (Phi) is 3.45. The summed E-state index contributed by atoms with van der Waals surface area (Å²) in [6.45, 7) is 7.92. The summed E-state index contributed by atoms with van der Waals surface area (Å²) in [5.74, 6) is 0. The molecule has 3 aliphatic rings. The normalized spacial score (nSPS) is 35.5. The van der Waals surface area contributed by atoms with Crippen LogP contribution in [0.4, 0.5) is 0 Å². The zero-order valence-electron chi connectivity index (χ0n) is 11.5. The van der Waals surface area contributed by atoms with Crippen molar-refractivity contribution >= 4 is 0 Å². The molecule has 2 nitrogen and oxygen atoms in total. The van der Waals surface area contributed by atoms with E-state index in [2.05, 4.69) is 16.7 Å². The lowest BCUT2D eigenvalue weighted by Crippen LogP contribution is -2.61. The Labute approximate surface area is 106 Å². The average Bonchev–Trinajstić information content (AvgIpc) is 2.39. The van der Waals surface area contributed by atoms with E-state index in [0.29, 0.717) is 5.54 Å². The van der Waals surface area contributed by atoms with Crippen LogP contribution in [0.5, 0.6) is 0 Å². The van der Waals surface area contributed by atoms with Gasteiger partial charge in [0.15, 0.2) is 0 Å². The predicted octanol–water partition coefficient (Wildman–Crippen LogP) is 2.88. The van der Waals surface area contributed by atoms with Crippen molar-refractivity contribution < 1.29 is 0 Å². The zero-order chi connectivity index (χ0) is 11.7. The topological polar surface area (TPSA) is 6.48 Å². The highest BCUT2D eigenvalue weighted by atomic mass is 15.3. The fraction of sp³-hybridized carbons (Fsp3) is 1.00. The minimum Gasteiger partial charge on any atom is -0.298 e. The molecule has 17 heavy (non-hydrogen) atoms. The van der Waals surface area contributed by atoms with E-state index in [1.54, 1.807) is 0 Å². The molecule has 0 aromatic carbocycles. The van der Waals surface area contributed by atoms with Crippen LogP contribution in [-0.4, -0.2) is 47.6 Å². The molecule has 0 spiro atoms. The van der Waals surface area contributed by atoms with Crippen LogP contribution in [0.3, 0.4) is 0 Å². The molecular formula is C15H28N2. The second-order valence-corrected chi connectivity index (χ2v) is 6.69. The molecule has 0 amide bonds. The molecule has 98 valence electrons. The molecule has 3 fully saturated rings. The monoisotopic (exact) mass is 236 g/mol. The summed E-state index contributed by atoms with van der Waals surface area (Å²) in [6, 6.07) is 0.885. The predicted molar refractivity (Wildman–Crippen MR) is 72.3 cm³/mol. The van der Waals surface area contributed by atoms with Crippen LogP contribution in [0.2, 0.25) is 0 Å². The van der Waals surface area contributed by atoms with Gasteiger partial charge in [0.1, 0.15) is 0 Å². The molecule has 2 heteroatoms. The maximum Gasteiger partial charge on any atom is 0.0223 e. The molecule has 3 rings (SSSR count). The van der Waals surface area contributed by atoms with E-state index in [1.165, 1.54) is 77.5 Å². The summed E-state index contributed by atoms with van der Waals surface area (Å²) >= 11 is 0. The fourth-order valence-electron chi connectivity index (χ4n) is 4.28. The van der Waals surface area contributed by atoms with Crippen LogP contribution < -0.4 is 0 Å². The zero-order valence-corrected chi connectivity index (χ0v) is 11.5. The smallest absolute Gasteiger partial charge is 0.0223 e. The molecule has 2 saturated heterocycles. The first kappa shape index (κ1) is 12.0. The van der Waals surface area contributed by atoms with Crippen molar-refractivity contribution in [3.05, 3.63) is 0 Å². The summed E-state index contributed by atoms with van der Waals surface area (Å²) < 4.78 is 0. The van der Waals surface area contributed by atoms with Crippen LogP contribution in [0, 0.1) is 0 Å². The second-order valence-electron chi connectivity index (χ2n) is 6.69. The van der Waals surface area contributed by atoms with Crippen molar-refractivity contribution in [1.82, 2.24) is 9.80 Å². The molecule has 0 aromatic heterocycles. The Morgan fingerprint density at radius 3 is 2.53 bits per heavy atom. The Morgan fingerprint density at radius 1 is 0.882 bits per heavy atom. The first-order chi connectivity index (χ1) is 8.28. The van der Waals surface area contributed by atoms with Crippen LogP contribution in [0.15, 0.2) is 0 Å². The number of hydrogen-bond donors (Lipinski definition) is 0. The van der Waals surface area contributed by atoms with Gasteiger partial charge in [-0.2, -0.15) is 0 Å². The molecular weight excluding hydrogens is 208 g/mol. The van der Waals surface area contributed by atoms with E-state index >= 15 is 0 Å². The summed E-state index contributed by atoms with van der Waals surface area (Å²) in [4.78, 5) is 5.60. The van der Waals surface area contributed by atoms with E-state index in [0.717, 1.165) is 6.04 Å². The molecule has 0 radical (unpaired) electrons. The Morgan fingerprint density at radius 2 is 1.71 bits per heavy atom. The lowest BCUT2D eigenvalue weighted by molar-refractivity contribution is -0.0217. The number of hydrogen-bond acceptors (Lipinski definition) is 2. The second kappa shape index (κ2) is 4.89. The van der Waals surface area contributed by atoms with Crippen molar-refractivity contribution in [2.45, 2.75) is 69.9 Å². The van der Waals surface area contributed by atoms with Crippen molar-refractivity contribution in [2.75, 3.05) is 26.2 Å². The van der Waals surface area contributed by atoms with Gasteiger partial charge in [-0.05, 0) is 39.2 Å². The SMILES string of the molecule is CC1(N2CCN3CCCCC3C2)CCCCC1. The molecule has 0 bridgehead atoms. The van der Waals surface area contributed by atoms with Crippen molar-refractivity contribution in [3.63, 3.8) is 0 Å². The number of fused-ring (bicyclic) bond motifs is 1. The third kappa shape index (κ3) is 2.39. The van der Waals surface area contributed by atoms with Crippen LogP contribution in [0.25, 0.3) is 0 Å². The maximum atomic E-state index is 2.85. The van der Waals surface area contributed by atoms with Crippen LogP contribution in [0.1, 0.15) is 58.3 Å². The van der Waals surface area contributed by atoms with E-state index in [1.807, 2.05) is 0 Å². The first-order valence-electron chi connectivity index (χ1n) is 7.77. The van der Waals surface area contributed by atoms with E-state index < -0.39 is 0 Å². The molecule has 2 heterocycles. The lowest BCUT2D eigenvalue weighted by Gasteiger charge is -2.52. The number of nitrogens with zero attached hydrogens (tertiary/aromatic N) is 2. The molecule has 1 aliphatic carbocycles. The van der Waals surface area contributed by atoms with Gasteiger partial charge in [0.25, 0.3) is 0 Å². The minimum absolute atomic E-state index is 0.543. The van der Waals surface area contributed by atoms with Crippen molar-refractivity contribution in [2.24, 2.45) is 0 Å². The summed E-state index contributed by atoms with van der Waals surface area (Å²) in [6.07, 6.45) is 11.6. The Hall–Kier alpha value is -0.0800. The van der Waals surface area contributed by atoms with E-state index in [-0.39, 0.29) is 0 Å². The standard InChI is InChI=1S/C15H28N2/c1-15(8-4-2-5-9-15)17-12-11-16-10-6-3-7-14(16)13-17/h14H,2-13H2,1H3. The Bertz CT molecular complexity index is 258. The third-order valence-corrected chi connectivity index (χ3v) is 5.53. The summed E-state index contributed by atoms with van der Waals surface area (Å²) in [7, 11) is 0. The van der Waals surface area contributed by atoms with Gasteiger partial charge in [-0.1, -0.05) is 25.7 Å². The molecule has 1 saturated carbocycles. The molecule has 0 N–H and O–H groups in total. The van der Waals surface area contributed by atoms with Crippen LogP contribution >= 0.6 is 0 Å². The van der Waals surface area contributed by atoms with Gasteiger partial charge in [0.2, 0.25) is 0 Å². The number of rotatable bonds is 1. The lowest BCUT2D eigenvalue weighted by atomic mass is 9.81. The highest BCUT2D eigenvalue weighted by molar-refractivity contribution is 4.95. The highest BCUT2D eigenvalue weighted by Crippen LogP contribution is 2.35. The quantitative estimate of drug-likeness (QED) is 0.691. The van der Waals surface area contributed by atoms with E-state index in [9.17, 15) is 0 Å². The summed E-state index contributed by atoms with van der Waals surface area (Å²) in [5, 5.41) is 0. The number of piperidine rings is 1. The first-order valence-corrected chi connectivity index (χ1v) is 7.77. The van der Waals surface area contributed by atoms with Gasteiger partial charge in [-0.25, -0.2) is 0 Å². The van der Waals surface area contributed by atoms with E-state index in [4.69, 9.17) is 0 Å². The van der Waals surface area contributed by atoms with Gasteiger partial charge in [-0.15, -0.1) is 0 Å². The largest absolute Gasteiger partial charge is 0.298 e. The maximum absolute atomic E-state index is 2.85. The van der Waals surface area contributed by atoms with Crippen molar-refractivity contribution in [1.29, 1.82) is 0 Å². The van der Waals surface area contributed by atoms with Gasteiger partial charge >= 0.3 is 0 Å².